The van der Waals surface area contributed by atoms with Crippen LogP contribution in [0.4, 0.5) is 0 Å². The summed E-state index contributed by atoms with van der Waals surface area (Å²) in [6, 6.07) is 9.67. The first-order valence-corrected chi connectivity index (χ1v) is 10.6. The highest BCUT2D eigenvalue weighted by Gasteiger charge is 2.28. The zero-order valence-corrected chi connectivity index (χ0v) is 14.7. The molecule has 2 heterocycles. The number of carbonyl (C=O) groups excluding carboxylic acids is 1. The summed E-state index contributed by atoms with van der Waals surface area (Å²) in [5.41, 5.74) is 1.97. The third kappa shape index (κ3) is 4.61. The molecule has 0 radical (unpaired) electrons. The van der Waals surface area contributed by atoms with Crippen molar-refractivity contribution in [1.82, 2.24) is 15.1 Å². The zero-order chi connectivity index (χ0) is 17.0. The topological polar surface area (TPSA) is 81.1 Å². The molecule has 0 spiro atoms. The number of benzene rings is 1. The Morgan fingerprint density at radius 1 is 1.33 bits per heavy atom. The van der Waals surface area contributed by atoms with E-state index in [1.165, 1.54) is 11.8 Å². The highest BCUT2D eigenvalue weighted by molar-refractivity contribution is 8.02. The number of hydrogen-bond donors (Lipinski definition) is 1. The lowest BCUT2D eigenvalue weighted by molar-refractivity contribution is -0.118. The summed E-state index contributed by atoms with van der Waals surface area (Å²) in [6.07, 6.45) is 4.24. The van der Waals surface area contributed by atoms with Gasteiger partial charge in [0.2, 0.25) is 5.91 Å². The highest BCUT2D eigenvalue weighted by Crippen LogP contribution is 2.23. The SMILES string of the molecule is O=C(CSC1CCS(=O)(=O)C1)NCc1ccc(-n2cccn2)cc1. The largest absolute Gasteiger partial charge is 0.351 e. The van der Waals surface area contributed by atoms with Gasteiger partial charge in [0.15, 0.2) is 9.84 Å². The van der Waals surface area contributed by atoms with E-state index in [-0.39, 0.29) is 22.7 Å². The Kier molecular flexibility index (Phi) is 5.25. The van der Waals surface area contributed by atoms with Crippen molar-refractivity contribution in [2.75, 3.05) is 17.3 Å². The van der Waals surface area contributed by atoms with Crippen LogP contribution >= 0.6 is 11.8 Å². The normalized spacial score (nSPS) is 19.2. The molecule has 128 valence electrons. The monoisotopic (exact) mass is 365 g/mol. The maximum absolute atomic E-state index is 11.9. The molecule has 6 nitrogen and oxygen atoms in total. The molecule has 1 fully saturated rings. The van der Waals surface area contributed by atoms with Crippen molar-refractivity contribution in [2.24, 2.45) is 0 Å². The number of aromatic nitrogens is 2. The third-order valence-electron chi connectivity index (χ3n) is 3.84. The quantitative estimate of drug-likeness (QED) is 0.837. The number of nitrogens with one attached hydrogen (secondary N) is 1. The first-order valence-electron chi connectivity index (χ1n) is 7.69. The first kappa shape index (κ1) is 17.0. The lowest BCUT2D eigenvalue weighted by Gasteiger charge is -2.09. The van der Waals surface area contributed by atoms with E-state index in [0.29, 0.717) is 18.7 Å². The van der Waals surface area contributed by atoms with Crippen molar-refractivity contribution >= 4 is 27.5 Å². The predicted molar refractivity (Wildman–Crippen MR) is 94.9 cm³/mol. The molecule has 3 rings (SSSR count). The van der Waals surface area contributed by atoms with Crippen LogP contribution in [0.1, 0.15) is 12.0 Å². The second-order valence-electron chi connectivity index (χ2n) is 5.73. The maximum Gasteiger partial charge on any atom is 0.230 e. The summed E-state index contributed by atoms with van der Waals surface area (Å²) in [6.45, 7) is 0.460. The average Bonchev–Trinajstić information content (AvgIpc) is 3.21. The molecule has 1 aromatic carbocycles. The van der Waals surface area contributed by atoms with Gasteiger partial charge >= 0.3 is 0 Å². The van der Waals surface area contributed by atoms with Crippen LogP contribution in [0.15, 0.2) is 42.7 Å². The van der Waals surface area contributed by atoms with Gasteiger partial charge in [-0.15, -0.1) is 11.8 Å². The minimum atomic E-state index is -2.88. The lowest BCUT2D eigenvalue weighted by Crippen LogP contribution is -2.25. The molecule has 8 heteroatoms. The Balaban J connectivity index is 1.43. The molecule has 1 saturated heterocycles. The molecular formula is C16H19N3O3S2. The third-order valence-corrected chi connectivity index (χ3v) is 7.12. The first-order chi connectivity index (χ1) is 11.5. The van der Waals surface area contributed by atoms with Gasteiger partial charge in [0, 0.05) is 24.2 Å². The van der Waals surface area contributed by atoms with Crippen molar-refractivity contribution in [1.29, 1.82) is 0 Å². The molecule has 1 N–H and O–H groups in total. The van der Waals surface area contributed by atoms with Gasteiger partial charge in [-0.3, -0.25) is 4.79 Å². The minimum absolute atomic E-state index is 0.0501. The average molecular weight is 365 g/mol. The number of nitrogens with zero attached hydrogens (tertiary/aromatic N) is 2. The number of carbonyl (C=O) groups is 1. The number of thioether (sulfide) groups is 1. The minimum Gasteiger partial charge on any atom is -0.351 e. The van der Waals surface area contributed by atoms with Gasteiger partial charge in [-0.05, 0) is 30.2 Å². The van der Waals surface area contributed by atoms with E-state index in [4.69, 9.17) is 0 Å². The van der Waals surface area contributed by atoms with Crippen molar-refractivity contribution in [3.8, 4) is 5.69 Å². The maximum atomic E-state index is 11.9. The van der Waals surface area contributed by atoms with Crippen LogP contribution in [0, 0.1) is 0 Å². The number of amides is 1. The summed E-state index contributed by atoms with van der Waals surface area (Å²) in [4.78, 5) is 11.9. The van der Waals surface area contributed by atoms with Gasteiger partial charge < -0.3 is 5.32 Å². The van der Waals surface area contributed by atoms with Crippen molar-refractivity contribution in [3.05, 3.63) is 48.3 Å². The van der Waals surface area contributed by atoms with Crippen LogP contribution in [0.2, 0.25) is 0 Å². The molecule has 1 unspecified atom stereocenters. The van der Waals surface area contributed by atoms with E-state index in [2.05, 4.69) is 10.4 Å². The predicted octanol–water partition coefficient (Wildman–Crippen LogP) is 1.41. The van der Waals surface area contributed by atoms with Crippen LogP contribution in [0.5, 0.6) is 0 Å². The van der Waals surface area contributed by atoms with Crippen molar-refractivity contribution in [2.45, 2.75) is 18.2 Å². The van der Waals surface area contributed by atoms with Gasteiger partial charge in [-0.25, -0.2) is 13.1 Å². The van der Waals surface area contributed by atoms with Gasteiger partial charge in [0.25, 0.3) is 0 Å². The fourth-order valence-corrected chi connectivity index (χ4v) is 6.00. The number of rotatable bonds is 6. The smallest absolute Gasteiger partial charge is 0.230 e. The van der Waals surface area contributed by atoms with Gasteiger partial charge in [-0.2, -0.15) is 5.10 Å². The summed E-state index contributed by atoms with van der Waals surface area (Å²) < 4.78 is 24.6. The molecule has 1 atom stereocenters. The van der Waals surface area contributed by atoms with Crippen molar-refractivity contribution in [3.63, 3.8) is 0 Å². The zero-order valence-electron chi connectivity index (χ0n) is 13.1. The second kappa shape index (κ2) is 7.40. The Morgan fingerprint density at radius 2 is 2.12 bits per heavy atom. The molecule has 0 bridgehead atoms. The van der Waals surface area contributed by atoms with Crippen LogP contribution < -0.4 is 5.32 Å². The highest BCUT2D eigenvalue weighted by atomic mass is 32.2. The van der Waals surface area contributed by atoms with E-state index in [1.54, 1.807) is 10.9 Å². The Labute approximate surface area is 145 Å². The lowest BCUT2D eigenvalue weighted by atomic mass is 10.2. The molecule has 1 aliphatic rings. The summed E-state index contributed by atoms with van der Waals surface area (Å²) in [5, 5.41) is 7.08. The van der Waals surface area contributed by atoms with E-state index in [0.717, 1.165) is 11.3 Å². The van der Waals surface area contributed by atoms with Crippen molar-refractivity contribution < 1.29 is 13.2 Å². The Hall–Kier alpha value is -1.80. The van der Waals surface area contributed by atoms with Gasteiger partial charge in [-0.1, -0.05) is 12.1 Å². The summed E-state index contributed by atoms with van der Waals surface area (Å²) >= 11 is 1.43. The standard InChI is InChI=1S/C16H19N3O3S2/c20-16(11-23-15-6-9-24(21,22)12-15)17-10-13-2-4-14(5-3-13)19-8-1-7-18-19/h1-5,7-8,15H,6,9-12H2,(H,17,20). The molecule has 2 aromatic rings. The van der Waals surface area contributed by atoms with Crippen LogP contribution in [0.25, 0.3) is 5.69 Å². The summed E-state index contributed by atoms with van der Waals surface area (Å²) in [7, 11) is -2.88. The van der Waals surface area contributed by atoms with Crippen LogP contribution in [0.3, 0.4) is 0 Å². The molecule has 1 amide bonds. The molecule has 1 aromatic heterocycles. The van der Waals surface area contributed by atoms with E-state index in [1.807, 2.05) is 36.5 Å². The van der Waals surface area contributed by atoms with Gasteiger partial charge in [0.05, 0.1) is 22.9 Å². The Morgan fingerprint density at radius 3 is 2.75 bits per heavy atom. The number of sulfone groups is 1. The molecule has 0 aliphatic carbocycles. The fraction of sp³-hybridized carbons (Fsp3) is 0.375. The second-order valence-corrected chi connectivity index (χ2v) is 9.25. The molecule has 1 aliphatic heterocycles. The van der Waals surface area contributed by atoms with E-state index in [9.17, 15) is 13.2 Å². The van der Waals surface area contributed by atoms with E-state index >= 15 is 0 Å². The van der Waals surface area contributed by atoms with E-state index < -0.39 is 9.84 Å². The Bertz CT molecular complexity index is 786. The summed E-state index contributed by atoms with van der Waals surface area (Å²) in [5.74, 6) is 0.667. The van der Waals surface area contributed by atoms with Crippen LogP contribution in [-0.2, 0) is 21.2 Å². The number of hydrogen-bond acceptors (Lipinski definition) is 5. The molecule has 0 saturated carbocycles. The fourth-order valence-electron chi connectivity index (χ4n) is 2.53. The van der Waals surface area contributed by atoms with Gasteiger partial charge in [0.1, 0.15) is 0 Å². The van der Waals surface area contributed by atoms with Crippen LogP contribution in [-0.4, -0.2) is 46.6 Å². The molecular weight excluding hydrogens is 346 g/mol. The molecule has 24 heavy (non-hydrogen) atoms.